The number of benzene rings is 1. The van der Waals surface area contributed by atoms with Gasteiger partial charge in [-0.1, -0.05) is 37.1 Å². The van der Waals surface area contributed by atoms with Crippen LogP contribution in [0.15, 0.2) is 24.3 Å². The van der Waals surface area contributed by atoms with Gasteiger partial charge >= 0.3 is 0 Å². The van der Waals surface area contributed by atoms with Gasteiger partial charge in [0.2, 0.25) is 0 Å². The van der Waals surface area contributed by atoms with Crippen molar-refractivity contribution in [3.63, 3.8) is 0 Å². The first kappa shape index (κ1) is 11.9. The van der Waals surface area contributed by atoms with Crippen LogP contribution in [-0.4, -0.2) is 6.04 Å². The van der Waals surface area contributed by atoms with Crippen molar-refractivity contribution in [2.24, 2.45) is 5.92 Å². The van der Waals surface area contributed by atoms with Crippen molar-refractivity contribution in [3.8, 4) is 0 Å². The highest BCUT2D eigenvalue weighted by molar-refractivity contribution is 6.30. The summed E-state index contributed by atoms with van der Waals surface area (Å²) in [5.41, 5.74) is 1.33. The standard InChI is InChI=1S/C14H20ClN/c1-3-4-12-9-14(12)16-10(2)11-5-7-13(15)8-6-11/h5-8,10,12,14,16H,3-4,9H2,1-2H3. The minimum atomic E-state index is 0.434. The summed E-state index contributed by atoms with van der Waals surface area (Å²) in [6.07, 6.45) is 4.02. The summed E-state index contributed by atoms with van der Waals surface area (Å²) in [5.74, 6) is 0.916. The fourth-order valence-corrected chi connectivity index (χ4v) is 2.44. The first-order chi connectivity index (χ1) is 7.70. The molecule has 1 aliphatic carbocycles. The molecule has 0 saturated heterocycles. The van der Waals surface area contributed by atoms with Crippen molar-refractivity contribution < 1.29 is 0 Å². The van der Waals surface area contributed by atoms with Gasteiger partial charge in [0.05, 0.1) is 0 Å². The third-order valence-corrected chi connectivity index (χ3v) is 3.67. The third-order valence-electron chi connectivity index (χ3n) is 3.42. The lowest BCUT2D eigenvalue weighted by atomic mass is 10.1. The smallest absolute Gasteiger partial charge is 0.0406 e. The van der Waals surface area contributed by atoms with Gasteiger partial charge in [-0.2, -0.15) is 0 Å². The predicted molar refractivity (Wildman–Crippen MR) is 69.8 cm³/mol. The molecule has 2 heteroatoms. The fourth-order valence-electron chi connectivity index (χ4n) is 2.31. The van der Waals surface area contributed by atoms with Crippen LogP contribution in [0.1, 0.15) is 44.7 Å². The maximum absolute atomic E-state index is 5.88. The van der Waals surface area contributed by atoms with Crippen molar-refractivity contribution in [2.75, 3.05) is 0 Å². The lowest BCUT2D eigenvalue weighted by Crippen LogP contribution is -2.22. The van der Waals surface area contributed by atoms with Gasteiger partial charge in [0.25, 0.3) is 0 Å². The molecule has 3 atom stereocenters. The van der Waals surface area contributed by atoms with Crippen molar-refractivity contribution in [3.05, 3.63) is 34.9 Å². The van der Waals surface area contributed by atoms with Crippen LogP contribution in [0, 0.1) is 5.92 Å². The molecular formula is C14H20ClN. The Balaban J connectivity index is 1.84. The van der Waals surface area contributed by atoms with E-state index in [0.29, 0.717) is 6.04 Å². The van der Waals surface area contributed by atoms with Gasteiger partial charge in [-0.15, -0.1) is 0 Å². The first-order valence-electron chi connectivity index (χ1n) is 6.22. The molecule has 0 aromatic heterocycles. The van der Waals surface area contributed by atoms with Gasteiger partial charge in [0.1, 0.15) is 0 Å². The Morgan fingerprint density at radius 2 is 2.06 bits per heavy atom. The molecule has 0 bridgehead atoms. The number of halogens is 1. The Morgan fingerprint density at radius 3 is 2.69 bits per heavy atom. The Bertz CT molecular complexity index is 333. The molecule has 1 aliphatic rings. The maximum Gasteiger partial charge on any atom is 0.0406 e. The van der Waals surface area contributed by atoms with E-state index in [1.807, 2.05) is 12.1 Å². The zero-order valence-electron chi connectivity index (χ0n) is 10.0. The highest BCUT2D eigenvalue weighted by Crippen LogP contribution is 2.36. The topological polar surface area (TPSA) is 12.0 Å². The van der Waals surface area contributed by atoms with Crippen LogP contribution in [0.25, 0.3) is 0 Å². The molecule has 0 amide bonds. The maximum atomic E-state index is 5.88. The molecule has 1 saturated carbocycles. The van der Waals surface area contributed by atoms with E-state index in [0.717, 1.165) is 17.0 Å². The molecule has 88 valence electrons. The fraction of sp³-hybridized carbons (Fsp3) is 0.571. The minimum absolute atomic E-state index is 0.434. The molecule has 1 fully saturated rings. The van der Waals surface area contributed by atoms with E-state index in [4.69, 9.17) is 11.6 Å². The van der Waals surface area contributed by atoms with Crippen molar-refractivity contribution >= 4 is 11.6 Å². The molecule has 1 N–H and O–H groups in total. The third kappa shape index (κ3) is 2.99. The van der Waals surface area contributed by atoms with E-state index >= 15 is 0 Å². The zero-order valence-corrected chi connectivity index (χ0v) is 10.8. The lowest BCUT2D eigenvalue weighted by Gasteiger charge is -2.14. The number of rotatable bonds is 5. The second-order valence-corrected chi connectivity index (χ2v) is 5.27. The lowest BCUT2D eigenvalue weighted by molar-refractivity contribution is 0.530. The second kappa shape index (κ2) is 5.20. The molecular weight excluding hydrogens is 218 g/mol. The molecule has 0 aliphatic heterocycles. The van der Waals surface area contributed by atoms with E-state index in [1.54, 1.807) is 0 Å². The van der Waals surface area contributed by atoms with Gasteiger partial charge in [0.15, 0.2) is 0 Å². The predicted octanol–water partition coefficient (Wildman–Crippen LogP) is 4.18. The highest BCUT2D eigenvalue weighted by Gasteiger charge is 2.36. The summed E-state index contributed by atoms with van der Waals surface area (Å²) < 4.78 is 0. The molecule has 0 radical (unpaired) electrons. The normalized spacial score (nSPS) is 25.4. The second-order valence-electron chi connectivity index (χ2n) is 4.83. The van der Waals surface area contributed by atoms with Gasteiger partial charge in [-0.3, -0.25) is 0 Å². The molecule has 1 aromatic carbocycles. The molecule has 0 spiro atoms. The van der Waals surface area contributed by atoms with Crippen molar-refractivity contribution in [2.45, 2.75) is 45.2 Å². The van der Waals surface area contributed by atoms with Crippen LogP contribution in [0.2, 0.25) is 5.02 Å². The largest absolute Gasteiger partial charge is 0.307 e. The molecule has 1 nitrogen and oxygen atoms in total. The van der Waals surface area contributed by atoms with Crippen LogP contribution in [0.3, 0.4) is 0 Å². The van der Waals surface area contributed by atoms with E-state index in [9.17, 15) is 0 Å². The van der Waals surface area contributed by atoms with Crippen molar-refractivity contribution in [1.82, 2.24) is 5.32 Å². The van der Waals surface area contributed by atoms with Crippen LogP contribution in [0.5, 0.6) is 0 Å². The Hall–Kier alpha value is -0.530. The van der Waals surface area contributed by atoms with E-state index in [2.05, 4.69) is 31.3 Å². The molecule has 0 heterocycles. The van der Waals surface area contributed by atoms with Gasteiger partial charge in [-0.25, -0.2) is 0 Å². The molecule has 3 unspecified atom stereocenters. The number of hydrogen-bond acceptors (Lipinski definition) is 1. The minimum Gasteiger partial charge on any atom is -0.307 e. The Morgan fingerprint density at radius 1 is 1.38 bits per heavy atom. The molecule has 2 rings (SSSR count). The summed E-state index contributed by atoms with van der Waals surface area (Å²) in [5, 5.41) is 4.49. The molecule has 1 aromatic rings. The van der Waals surface area contributed by atoms with Crippen molar-refractivity contribution in [1.29, 1.82) is 0 Å². The monoisotopic (exact) mass is 237 g/mol. The van der Waals surface area contributed by atoms with E-state index in [-0.39, 0.29) is 0 Å². The van der Waals surface area contributed by atoms with Gasteiger partial charge in [-0.05, 0) is 43.4 Å². The zero-order chi connectivity index (χ0) is 11.5. The van der Waals surface area contributed by atoms with Crippen LogP contribution in [-0.2, 0) is 0 Å². The Labute approximate surface area is 103 Å². The quantitative estimate of drug-likeness (QED) is 0.810. The number of hydrogen-bond donors (Lipinski definition) is 1. The first-order valence-corrected chi connectivity index (χ1v) is 6.60. The summed E-state index contributed by atoms with van der Waals surface area (Å²) >= 11 is 5.88. The number of nitrogens with one attached hydrogen (secondary N) is 1. The average molecular weight is 238 g/mol. The molecule has 16 heavy (non-hydrogen) atoms. The van der Waals surface area contributed by atoms with E-state index in [1.165, 1.54) is 24.8 Å². The summed E-state index contributed by atoms with van der Waals surface area (Å²) in [4.78, 5) is 0. The SMILES string of the molecule is CCCC1CC1NC(C)c1ccc(Cl)cc1. The Kier molecular flexibility index (Phi) is 3.88. The van der Waals surface area contributed by atoms with Gasteiger partial charge < -0.3 is 5.32 Å². The highest BCUT2D eigenvalue weighted by atomic mass is 35.5. The summed E-state index contributed by atoms with van der Waals surface area (Å²) in [6.45, 7) is 4.49. The van der Waals surface area contributed by atoms with Crippen LogP contribution >= 0.6 is 11.6 Å². The van der Waals surface area contributed by atoms with Crippen LogP contribution < -0.4 is 5.32 Å². The van der Waals surface area contributed by atoms with Gasteiger partial charge in [0, 0.05) is 17.1 Å². The van der Waals surface area contributed by atoms with Crippen LogP contribution in [0.4, 0.5) is 0 Å². The average Bonchev–Trinajstić information content (AvgIpc) is 2.98. The van der Waals surface area contributed by atoms with E-state index < -0.39 is 0 Å². The summed E-state index contributed by atoms with van der Waals surface area (Å²) in [7, 11) is 0. The summed E-state index contributed by atoms with van der Waals surface area (Å²) in [6, 6.07) is 9.32.